The van der Waals surface area contributed by atoms with Crippen molar-refractivity contribution in [3.05, 3.63) is 11.0 Å². The number of rotatable bonds is 2. The molecule has 0 aromatic carbocycles. The topological polar surface area (TPSA) is 35.0 Å². The quantitative estimate of drug-likeness (QED) is 0.423. The molecule has 0 unspecified atom stereocenters. The number of hydrogen-bond donors (Lipinski definition) is 0. The average Bonchev–Trinajstić information content (AvgIpc) is 2.09. The summed E-state index contributed by atoms with van der Waals surface area (Å²) in [6.07, 6.45) is 1.77. The standard InChI is InChI=1S/C6H6ClFN2OS/c1-11-5-3(8)4(7)9-6(10-5)12-2/h1-2H3. The van der Waals surface area contributed by atoms with Gasteiger partial charge in [-0.1, -0.05) is 23.4 Å². The highest BCUT2D eigenvalue weighted by Crippen LogP contribution is 2.23. The summed E-state index contributed by atoms with van der Waals surface area (Å²) in [4.78, 5) is 7.40. The second-order valence-corrected chi connectivity index (χ2v) is 2.96. The lowest BCUT2D eigenvalue weighted by Crippen LogP contribution is -1.97. The van der Waals surface area contributed by atoms with E-state index in [-0.39, 0.29) is 11.0 Å². The van der Waals surface area contributed by atoms with Crippen LogP contribution >= 0.6 is 23.4 Å². The van der Waals surface area contributed by atoms with Crippen LogP contribution in [0.5, 0.6) is 5.88 Å². The van der Waals surface area contributed by atoms with E-state index in [0.717, 1.165) is 0 Å². The first-order valence-corrected chi connectivity index (χ1v) is 4.60. The van der Waals surface area contributed by atoms with Crippen molar-refractivity contribution < 1.29 is 9.13 Å². The number of aromatic nitrogens is 2. The third kappa shape index (κ3) is 1.78. The summed E-state index contributed by atoms with van der Waals surface area (Å²) >= 11 is 6.72. The maximum absolute atomic E-state index is 12.9. The Hall–Kier alpha value is -0.550. The van der Waals surface area contributed by atoms with Crippen LogP contribution in [0.2, 0.25) is 5.15 Å². The Morgan fingerprint density at radius 2 is 2.17 bits per heavy atom. The lowest BCUT2D eigenvalue weighted by atomic mass is 10.6. The van der Waals surface area contributed by atoms with Gasteiger partial charge in [0.1, 0.15) is 0 Å². The van der Waals surface area contributed by atoms with Gasteiger partial charge in [0.05, 0.1) is 7.11 Å². The molecule has 0 atom stereocenters. The second-order valence-electron chi connectivity index (χ2n) is 1.82. The molecule has 0 radical (unpaired) electrons. The van der Waals surface area contributed by atoms with Crippen molar-refractivity contribution in [2.45, 2.75) is 5.16 Å². The molecule has 1 aromatic heterocycles. The minimum Gasteiger partial charge on any atom is -0.479 e. The van der Waals surface area contributed by atoms with Crippen LogP contribution in [-0.2, 0) is 0 Å². The van der Waals surface area contributed by atoms with E-state index in [2.05, 4.69) is 14.7 Å². The average molecular weight is 209 g/mol. The highest BCUT2D eigenvalue weighted by molar-refractivity contribution is 7.98. The summed E-state index contributed by atoms with van der Waals surface area (Å²) in [5, 5.41) is 0.171. The molecule has 0 aliphatic rings. The predicted molar refractivity (Wildman–Crippen MR) is 45.3 cm³/mol. The van der Waals surface area contributed by atoms with Gasteiger partial charge in [-0.15, -0.1) is 0 Å². The van der Waals surface area contributed by atoms with Gasteiger partial charge in [0.2, 0.25) is 5.82 Å². The summed E-state index contributed by atoms with van der Waals surface area (Å²) in [6.45, 7) is 0. The Kier molecular flexibility index (Phi) is 3.11. The van der Waals surface area contributed by atoms with Crippen LogP contribution in [0.3, 0.4) is 0 Å². The first-order chi connectivity index (χ1) is 5.69. The Morgan fingerprint density at radius 3 is 2.67 bits per heavy atom. The van der Waals surface area contributed by atoms with Crippen LogP contribution in [0.4, 0.5) is 4.39 Å². The zero-order valence-corrected chi connectivity index (χ0v) is 8.04. The van der Waals surface area contributed by atoms with Gasteiger partial charge in [0.25, 0.3) is 5.88 Å². The molecular formula is C6H6ClFN2OS. The fourth-order valence-electron chi connectivity index (χ4n) is 0.609. The van der Waals surface area contributed by atoms with Crippen LogP contribution in [0, 0.1) is 5.82 Å². The highest BCUT2D eigenvalue weighted by Gasteiger charge is 2.12. The largest absolute Gasteiger partial charge is 0.479 e. The molecule has 3 nitrogen and oxygen atoms in total. The minimum atomic E-state index is -0.725. The van der Waals surface area contributed by atoms with Gasteiger partial charge in [0.15, 0.2) is 10.3 Å². The van der Waals surface area contributed by atoms with Gasteiger partial charge >= 0.3 is 0 Å². The molecular weight excluding hydrogens is 203 g/mol. The molecule has 1 rings (SSSR count). The van der Waals surface area contributed by atoms with E-state index >= 15 is 0 Å². The molecule has 66 valence electrons. The zero-order valence-electron chi connectivity index (χ0n) is 6.47. The Bertz CT molecular complexity index is 297. The number of hydrogen-bond acceptors (Lipinski definition) is 4. The van der Waals surface area contributed by atoms with Gasteiger partial charge in [-0.25, -0.2) is 4.98 Å². The lowest BCUT2D eigenvalue weighted by molar-refractivity contribution is 0.362. The van der Waals surface area contributed by atoms with Crippen molar-refractivity contribution in [1.82, 2.24) is 9.97 Å². The normalized spacial score (nSPS) is 10.0. The molecule has 12 heavy (non-hydrogen) atoms. The van der Waals surface area contributed by atoms with Crippen LogP contribution < -0.4 is 4.74 Å². The SMILES string of the molecule is COc1nc(SC)nc(Cl)c1F. The summed E-state index contributed by atoms with van der Waals surface area (Å²) < 4.78 is 17.6. The molecule has 0 amide bonds. The van der Waals surface area contributed by atoms with Crippen LogP contribution in [-0.4, -0.2) is 23.3 Å². The Balaban J connectivity index is 3.19. The number of ether oxygens (including phenoxy) is 1. The number of methoxy groups -OCH3 is 1. The zero-order chi connectivity index (χ0) is 9.14. The molecule has 1 heterocycles. The monoisotopic (exact) mass is 208 g/mol. The number of halogens is 2. The maximum Gasteiger partial charge on any atom is 0.255 e. The predicted octanol–water partition coefficient (Wildman–Crippen LogP) is 2.00. The second kappa shape index (κ2) is 3.91. The van der Waals surface area contributed by atoms with Gasteiger partial charge in [-0.2, -0.15) is 9.37 Å². The van der Waals surface area contributed by atoms with Gasteiger partial charge in [-0.3, -0.25) is 0 Å². The number of nitrogens with zero attached hydrogens (tertiary/aromatic N) is 2. The summed E-state index contributed by atoms with van der Waals surface area (Å²) in [7, 11) is 1.33. The summed E-state index contributed by atoms with van der Waals surface area (Å²) in [6, 6.07) is 0. The van der Waals surface area contributed by atoms with E-state index in [0.29, 0.717) is 5.16 Å². The Morgan fingerprint density at radius 1 is 1.50 bits per heavy atom. The van der Waals surface area contributed by atoms with Crippen molar-refractivity contribution in [1.29, 1.82) is 0 Å². The molecule has 0 bridgehead atoms. The molecule has 0 aliphatic heterocycles. The minimum absolute atomic E-state index is 0.126. The molecule has 0 spiro atoms. The Labute approximate surface area is 78.3 Å². The van der Waals surface area contributed by atoms with Crippen molar-refractivity contribution >= 4 is 23.4 Å². The fourth-order valence-corrected chi connectivity index (χ4v) is 1.18. The lowest BCUT2D eigenvalue weighted by Gasteiger charge is -2.02. The molecule has 6 heteroatoms. The molecule has 0 saturated carbocycles. The van der Waals surface area contributed by atoms with Gasteiger partial charge in [-0.05, 0) is 6.26 Å². The van der Waals surface area contributed by atoms with E-state index in [1.807, 2.05) is 0 Å². The van der Waals surface area contributed by atoms with Gasteiger partial charge in [0, 0.05) is 0 Å². The van der Waals surface area contributed by atoms with Crippen LogP contribution in [0.15, 0.2) is 5.16 Å². The molecule has 1 aromatic rings. The highest BCUT2D eigenvalue weighted by atomic mass is 35.5. The third-order valence-electron chi connectivity index (χ3n) is 1.14. The van der Waals surface area contributed by atoms with Crippen LogP contribution in [0.1, 0.15) is 0 Å². The maximum atomic E-state index is 12.9. The van der Waals surface area contributed by atoms with Crippen molar-refractivity contribution in [3.8, 4) is 5.88 Å². The van der Waals surface area contributed by atoms with E-state index < -0.39 is 5.82 Å². The van der Waals surface area contributed by atoms with E-state index in [1.54, 1.807) is 6.26 Å². The van der Waals surface area contributed by atoms with E-state index in [1.165, 1.54) is 18.9 Å². The first-order valence-electron chi connectivity index (χ1n) is 3.00. The summed E-state index contributed by atoms with van der Waals surface area (Å²) in [5.41, 5.74) is 0. The first kappa shape index (κ1) is 9.54. The van der Waals surface area contributed by atoms with E-state index in [4.69, 9.17) is 11.6 Å². The van der Waals surface area contributed by atoms with E-state index in [9.17, 15) is 4.39 Å². The molecule has 0 fully saturated rings. The smallest absolute Gasteiger partial charge is 0.255 e. The van der Waals surface area contributed by atoms with Crippen molar-refractivity contribution in [2.24, 2.45) is 0 Å². The third-order valence-corrected chi connectivity index (χ3v) is 1.93. The van der Waals surface area contributed by atoms with Crippen molar-refractivity contribution in [2.75, 3.05) is 13.4 Å². The number of thioether (sulfide) groups is 1. The van der Waals surface area contributed by atoms with Crippen molar-refractivity contribution in [3.63, 3.8) is 0 Å². The fraction of sp³-hybridized carbons (Fsp3) is 0.333. The van der Waals surface area contributed by atoms with Crippen LogP contribution in [0.25, 0.3) is 0 Å². The molecule has 0 aliphatic carbocycles. The van der Waals surface area contributed by atoms with Gasteiger partial charge < -0.3 is 4.74 Å². The molecule has 0 N–H and O–H groups in total. The molecule has 0 saturated heterocycles. The summed E-state index contributed by atoms with van der Waals surface area (Å²) in [5.74, 6) is -0.851.